The fraction of sp³-hybridized carbons (Fsp3) is 0.0952. The van der Waals surface area contributed by atoms with Crippen LogP contribution in [-0.4, -0.2) is 27.8 Å². The molecule has 4 rings (SSSR count). The molecule has 0 saturated heterocycles. The van der Waals surface area contributed by atoms with Crippen LogP contribution >= 0.6 is 23.2 Å². The molecule has 2 aromatic heterocycles. The zero-order chi connectivity index (χ0) is 20.4. The zero-order valence-electron chi connectivity index (χ0n) is 15.4. The highest BCUT2D eigenvalue weighted by Crippen LogP contribution is 2.31. The number of nitrogens with zero attached hydrogens (tertiary/aromatic N) is 3. The van der Waals surface area contributed by atoms with Crippen LogP contribution < -0.4 is 5.32 Å². The second-order valence-electron chi connectivity index (χ2n) is 6.27. The molecule has 0 spiro atoms. The number of pyridine rings is 1. The topological polar surface area (TPSA) is 69.0 Å². The van der Waals surface area contributed by atoms with E-state index >= 15 is 0 Å². The fourth-order valence-electron chi connectivity index (χ4n) is 3.18. The number of aromatic nitrogens is 3. The number of nitrogens with one attached hydrogen (secondary N) is 1. The van der Waals surface area contributed by atoms with Crippen molar-refractivity contribution < 1.29 is 9.53 Å². The number of hydrogen-bond donors (Lipinski definition) is 1. The van der Waals surface area contributed by atoms with E-state index in [0.29, 0.717) is 17.8 Å². The molecular formula is C21H16Cl2N4O2. The number of benzene rings is 2. The van der Waals surface area contributed by atoms with Gasteiger partial charge in [-0.3, -0.25) is 9.78 Å². The number of hydrogen-bond acceptors (Lipinski definition) is 4. The summed E-state index contributed by atoms with van der Waals surface area (Å²) in [6, 6.07) is 12.3. The summed E-state index contributed by atoms with van der Waals surface area (Å²) in [6.07, 6.45) is 5.28. The number of methoxy groups -OCH3 is 1. The number of anilines is 1. The lowest BCUT2D eigenvalue weighted by Gasteiger charge is -2.15. The van der Waals surface area contributed by atoms with Crippen molar-refractivity contribution in [3.05, 3.63) is 82.2 Å². The Morgan fingerprint density at radius 1 is 1.14 bits per heavy atom. The second-order valence-corrected chi connectivity index (χ2v) is 7.08. The van der Waals surface area contributed by atoms with E-state index in [2.05, 4.69) is 15.4 Å². The van der Waals surface area contributed by atoms with E-state index in [9.17, 15) is 4.79 Å². The van der Waals surface area contributed by atoms with Crippen molar-refractivity contribution in [2.45, 2.75) is 6.61 Å². The van der Waals surface area contributed by atoms with E-state index < -0.39 is 5.91 Å². The van der Waals surface area contributed by atoms with E-state index in [1.165, 1.54) is 0 Å². The smallest absolute Gasteiger partial charge is 0.258 e. The van der Waals surface area contributed by atoms with Gasteiger partial charge >= 0.3 is 0 Å². The monoisotopic (exact) mass is 426 g/mol. The van der Waals surface area contributed by atoms with Crippen LogP contribution in [0.5, 0.6) is 0 Å². The third-order valence-electron chi connectivity index (χ3n) is 4.42. The molecule has 2 aromatic carbocycles. The van der Waals surface area contributed by atoms with Gasteiger partial charge in [-0.1, -0.05) is 41.4 Å². The van der Waals surface area contributed by atoms with Gasteiger partial charge in [0.2, 0.25) is 0 Å². The summed E-state index contributed by atoms with van der Waals surface area (Å²) >= 11 is 12.3. The predicted molar refractivity (Wildman–Crippen MR) is 114 cm³/mol. The lowest BCUT2D eigenvalue weighted by Crippen LogP contribution is -2.14. The molecule has 0 aliphatic rings. The second kappa shape index (κ2) is 8.21. The first-order valence-electron chi connectivity index (χ1n) is 8.75. The van der Waals surface area contributed by atoms with Gasteiger partial charge in [-0.15, -0.1) is 0 Å². The van der Waals surface area contributed by atoms with Gasteiger partial charge in [-0.05, 0) is 24.3 Å². The number of fused-ring (bicyclic) bond motifs is 1. The van der Waals surface area contributed by atoms with Gasteiger partial charge in [0.25, 0.3) is 5.91 Å². The van der Waals surface area contributed by atoms with Crippen LogP contribution in [0.15, 0.2) is 61.1 Å². The van der Waals surface area contributed by atoms with Crippen molar-refractivity contribution in [1.82, 2.24) is 14.8 Å². The van der Waals surface area contributed by atoms with Gasteiger partial charge in [-0.2, -0.15) is 5.10 Å². The van der Waals surface area contributed by atoms with E-state index in [4.69, 9.17) is 27.9 Å². The molecule has 0 aliphatic carbocycles. The summed E-state index contributed by atoms with van der Waals surface area (Å²) in [6.45, 7) is 0.379. The average molecular weight is 427 g/mol. The quantitative estimate of drug-likeness (QED) is 0.480. The Balaban J connectivity index is 1.83. The van der Waals surface area contributed by atoms with E-state index in [-0.39, 0.29) is 15.6 Å². The number of halogens is 2. The van der Waals surface area contributed by atoms with E-state index in [1.807, 2.05) is 24.4 Å². The minimum atomic E-state index is -0.406. The average Bonchev–Trinajstić information content (AvgIpc) is 3.22. The summed E-state index contributed by atoms with van der Waals surface area (Å²) in [7, 11) is 1.63. The van der Waals surface area contributed by atoms with E-state index in [0.717, 1.165) is 16.6 Å². The van der Waals surface area contributed by atoms with Crippen LogP contribution in [0.25, 0.3) is 16.6 Å². The number of rotatable bonds is 5. The van der Waals surface area contributed by atoms with Crippen LogP contribution in [0.2, 0.25) is 10.0 Å². The van der Waals surface area contributed by atoms with Crippen LogP contribution in [0.1, 0.15) is 15.9 Å². The molecular weight excluding hydrogens is 411 g/mol. The Bertz CT molecular complexity index is 1170. The Kier molecular flexibility index (Phi) is 5.49. The summed E-state index contributed by atoms with van der Waals surface area (Å²) in [4.78, 5) is 17.4. The maximum absolute atomic E-state index is 12.8. The number of para-hydroxylation sites is 1. The highest BCUT2D eigenvalue weighted by molar-refractivity contribution is 6.40. The van der Waals surface area contributed by atoms with E-state index in [1.54, 1.807) is 48.5 Å². The molecule has 2 heterocycles. The molecule has 146 valence electrons. The molecule has 29 heavy (non-hydrogen) atoms. The SMILES string of the molecule is COCc1cnc2c(NC(=O)c3c(Cl)cccc3Cl)cccc2c1-n1cccn1. The molecule has 0 bridgehead atoms. The van der Waals surface area contributed by atoms with Gasteiger partial charge in [0.1, 0.15) is 0 Å². The summed E-state index contributed by atoms with van der Waals surface area (Å²) < 4.78 is 7.07. The van der Waals surface area contributed by atoms with Crippen LogP contribution in [0.3, 0.4) is 0 Å². The van der Waals surface area contributed by atoms with Crippen molar-refractivity contribution in [2.24, 2.45) is 0 Å². The molecule has 0 unspecified atom stereocenters. The van der Waals surface area contributed by atoms with Crippen molar-refractivity contribution in [1.29, 1.82) is 0 Å². The molecule has 1 amide bonds. The third-order valence-corrected chi connectivity index (χ3v) is 5.05. The van der Waals surface area contributed by atoms with Crippen molar-refractivity contribution in [2.75, 3.05) is 12.4 Å². The maximum Gasteiger partial charge on any atom is 0.258 e. The first kappa shape index (κ1) is 19.4. The van der Waals surface area contributed by atoms with Crippen LogP contribution in [0, 0.1) is 0 Å². The minimum Gasteiger partial charge on any atom is -0.380 e. The first-order valence-corrected chi connectivity index (χ1v) is 9.50. The molecule has 6 nitrogen and oxygen atoms in total. The first-order chi connectivity index (χ1) is 14.1. The Morgan fingerprint density at radius 3 is 2.59 bits per heavy atom. The molecule has 0 atom stereocenters. The van der Waals surface area contributed by atoms with Crippen molar-refractivity contribution >= 4 is 45.7 Å². The molecule has 8 heteroatoms. The van der Waals surface area contributed by atoms with Gasteiger partial charge in [0.05, 0.1) is 39.1 Å². The number of ether oxygens (including phenoxy) is 1. The van der Waals surface area contributed by atoms with Crippen LogP contribution in [-0.2, 0) is 11.3 Å². The maximum atomic E-state index is 12.8. The van der Waals surface area contributed by atoms with Crippen molar-refractivity contribution in [3.8, 4) is 5.69 Å². The highest BCUT2D eigenvalue weighted by atomic mass is 35.5. The zero-order valence-corrected chi connectivity index (χ0v) is 16.9. The lowest BCUT2D eigenvalue weighted by molar-refractivity contribution is 0.102. The molecule has 0 aliphatic heterocycles. The summed E-state index contributed by atoms with van der Waals surface area (Å²) in [5, 5.41) is 8.61. The number of amides is 1. The minimum absolute atomic E-state index is 0.219. The standard InChI is InChI=1S/C21H16Cl2N4O2/c1-29-12-13-11-24-19-14(20(13)27-10-4-9-25-27)5-2-8-17(19)26-21(28)18-15(22)6-3-7-16(18)23/h2-11H,12H2,1H3,(H,26,28). The van der Waals surface area contributed by atoms with Gasteiger partial charge in [-0.25, -0.2) is 4.68 Å². The van der Waals surface area contributed by atoms with Crippen LogP contribution in [0.4, 0.5) is 5.69 Å². The number of carbonyl (C=O) groups is 1. The third kappa shape index (κ3) is 3.70. The normalized spacial score (nSPS) is 11.0. The van der Waals surface area contributed by atoms with Gasteiger partial charge in [0, 0.05) is 36.7 Å². The summed E-state index contributed by atoms with van der Waals surface area (Å²) in [5.41, 5.74) is 3.10. The lowest BCUT2D eigenvalue weighted by atomic mass is 10.1. The molecule has 0 fully saturated rings. The molecule has 4 aromatic rings. The fourth-order valence-corrected chi connectivity index (χ4v) is 3.75. The highest BCUT2D eigenvalue weighted by Gasteiger charge is 2.18. The Hall–Kier alpha value is -2.93. The number of carbonyl (C=O) groups excluding carboxylic acids is 1. The van der Waals surface area contributed by atoms with Crippen molar-refractivity contribution in [3.63, 3.8) is 0 Å². The Labute approximate surface area is 177 Å². The predicted octanol–water partition coefficient (Wildman–Crippen LogP) is 5.13. The Morgan fingerprint density at radius 2 is 1.90 bits per heavy atom. The van der Waals surface area contributed by atoms with Gasteiger partial charge in [0.15, 0.2) is 0 Å². The summed E-state index contributed by atoms with van der Waals surface area (Å²) in [5.74, 6) is -0.406. The molecule has 1 N–H and O–H groups in total. The largest absolute Gasteiger partial charge is 0.380 e. The van der Waals surface area contributed by atoms with Gasteiger partial charge < -0.3 is 10.1 Å². The molecule has 0 saturated carbocycles. The molecule has 0 radical (unpaired) electrons.